The number of hydrogen-bond acceptors (Lipinski definition) is 4. The summed E-state index contributed by atoms with van der Waals surface area (Å²) in [7, 11) is 0. The summed E-state index contributed by atoms with van der Waals surface area (Å²) >= 11 is 0. The molecule has 1 amide bonds. The lowest BCUT2D eigenvalue weighted by atomic mass is 10.1. The highest BCUT2D eigenvalue weighted by Crippen LogP contribution is 2.16. The molecule has 0 spiro atoms. The van der Waals surface area contributed by atoms with Crippen molar-refractivity contribution < 1.29 is 9.90 Å². The van der Waals surface area contributed by atoms with Crippen LogP contribution < -0.4 is 0 Å². The van der Waals surface area contributed by atoms with Crippen molar-refractivity contribution in [3.05, 3.63) is 23.0 Å². The van der Waals surface area contributed by atoms with Gasteiger partial charge < -0.3 is 10.0 Å². The van der Waals surface area contributed by atoms with Crippen LogP contribution in [-0.4, -0.2) is 45.3 Å². The van der Waals surface area contributed by atoms with Gasteiger partial charge in [0, 0.05) is 13.1 Å². The average Bonchev–Trinajstić information content (AvgIpc) is 2.39. The van der Waals surface area contributed by atoms with Crippen LogP contribution in [0.4, 0.5) is 0 Å². The van der Waals surface area contributed by atoms with E-state index in [-0.39, 0.29) is 12.0 Å². The molecule has 0 saturated carbocycles. The molecule has 2 rings (SSSR count). The summed E-state index contributed by atoms with van der Waals surface area (Å²) in [4.78, 5) is 14.2. The zero-order valence-electron chi connectivity index (χ0n) is 10.9. The predicted molar refractivity (Wildman–Crippen MR) is 67.3 cm³/mol. The first-order chi connectivity index (χ1) is 8.61. The molecule has 18 heavy (non-hydrogen) atoms. The second-order valence-electron chi connectivity index (χ2n) is 4.72. The highest BCUT2D eigenvalue weighted by Gasteiger charge is 2.24. The van der Waals surface area contributed by atoms with E-state index in [2.05, 4.69) is 10.2 Å². The van der Waals surface area contributed by atoms with Gasteiger partial charge in [-0.1, -0.05) is 6.92 Å². The number of carbonyl (C=O) groups excluding carboxylic acids is 1. The molecule has 98 valence electrons. The van der Waals surface area contributed by atoms with E-state index in [4.69, 9.17) is 0 Å². The van der Waals surface area contributed by atoms with Gasteiger partial charge in [0.2, 0.25) is 0 Å². The van der Waals surface area contributed by atoms with Gasteiger partial charge in [0.15, 0.2) is 0 Å². The fourth-order valence-electron chi connectivity index (χ4n) is 2.20. The normalized spacial score (nSPS) is 16.9. The van der Waals surface area contributed by atoms with E-state index in [1.54, 1.807) is 11.0 Å². The number of aliphatic hydroxyl groups is 1. The summed E-state index contributed by atoms with van der Waals surface area (Å²) in [6.45, 7) is 5.04. The summed E-state index contributed by atoms with van der Waals surface area (Å²) in [6, 6.07) is 1.80. The molecular formula is C13H19N3O2. The maximum absolute atomic E-state index is 12.4. The van der Waals surface area contributed by atoms with Crippen molar-refractivity contribution in [1.82, 2.24) is 15.1 Å². The lowest BCUT2D eigenvalue weighted by Gasteiger charge is -2.30. The van der Waals surface area contributed by atoms with Gasteiger partial charge in [-0.05, 0) is 32.3 Å². The summed E-state index contributed by atoms with van der Waals surface area (Å²) in [6.07, 6.45) is 1.75. The Morgan fingerprint density at radius 3 is 2.72 bits per heavy atom. The number of rotatable bonds is 2. The molecule has 2 heterocycles. The predicted octanol–water partition coefficient (Wildman–Crippen LogP) is 0.944. The number of nitrogens with zero attached hydrogens (tertiary/aromatic N) is 3. The highest BCUT2D eigenvalue weighted by molar-refractivity contribution is 5.95. The van der Waals surface area contributed by atoms with E-state index in [1.807, 2.05) is 13.8 Å². The average molecular weight is 249 g/mol. The molecule has 1 aliphatic rings. The number of carbonyl (C=O) groups is 1. The molecule has 1 aromatic heterocycles. The topological polar surface area (TPSA) is 66.3 Å². The van der Waals surface area contributed by atoms with E-state index >= 15 is 0 Å². The summed E-state index contributed by atoms with van der Waals surface area (Å²) in [5.41, 5.74) is 2.16. The van der Waals surface area contributed by atoms with E-state index < -0.39 is 0 Å². The number of aliphatic hydroxyl groups excluding tert-OH is 1. The molecule has 1 N–H and O–H groups in total. The van der Waals surface area contributed by atoms with Crippen molar-refractivity contribution in [2.24, 2.45) is 0 Å². The minimum atomic E-state index is -0.267. The second-order valence-corrected chi connectivity index (χ2v) is 4.72. The van der Waals surface area contributed by atoms with Crippen LogP contribution in [0.3, 0.4) is 0 Å². The number of likely N-dealkylation sites (tertiary alicyclic amines) is 1. The summed E-state index contributed by atoms with van der Waals surface area (Å²) in [5.74, 6) is 0.0109. The fraction of sp³-hybridized carbons (Fsp3) is 0.615. The van der Waals surface area contributed by atoms with E-state index in [9.17, 15) is 9.90 Å². The molecule has 1 fully saturated rings. The van der Waals surface area contributed by atoms with E-state index in [1.165, 1.54) is 0 Å². The van der Waals surface area contributed by atoms with Crippen LogP contribution in [-0.2, 0) is 6.42 Å². The molecule has 0 aromatic carbocycles. The molecule has 5 heteroatoms. The van der Waals surface area contributed by atoms with Crippen LogP contribution in [0.5, 0.6) is 0 Å². The van der Waals surface area contributed by atoms with Crippen molar-refractivity contribution in [2.45, 2.75) is 39.2 Å². The number of amides is 1. The summed E-state index contributed by atoms with van der Waals surface area (Å²) < 4.78 is 0. The Kier molecular flexibility index (Phi) is 3.91. The first kappa shape index (κ1) is 13.0. The maximum Gasteiger partial charge on any atom is 0.255 e. The largest absolute Gasteiger partial charge is 0.393 e. The van der Waals surface area contributed by atoms with Gasteiger partial charge in [0.1, 0.15) is 0 Å². The van der Waals surface area contributed by atoms with Gasteiger partial charge >= 0.3 is 0 Å². The van der Waals surface area contributed by atoms with Crippen molar-refractivity contribution in [2.75, 3.05) is 13.1 Å². The second kappa shape index (κ2) is 5.44. The van der Waals surface area contributed by atoms with Crippen LogP contribution >= 0.6 is 0 Å². The smallest absolute Gasteiger partial charge is 0.255 e. The van der Waals surface area contributed by atoms with Gasteiger partial charge in [-0.15, -0.1) is 0 Å². The quantitative estimate of drug-likeness (QED) is 0.847. The first-order valence-electron chi connectivity index (χ1n) is 6.42. The van der Waals surface area contributed by atoms with Gasteiger partial charge in [-0.3, -0.25) is 4.79 Å². The maximum atomic E-state index is 12.4. The molecule has 1 aromatic rings. The standard InChI is InChI=1S/C13H19N3O2/c1-3-12-11(8-9(2)14-15-12)13(18)16-6-4-10(17)5-7-16/h8,10,17H,3-7H2,1-2H3. The Morgan fingerprint density at radius 2 is 2.11 bits per heavy atom. The van der Waals surface area contributed by atoms with E-state index in [0.29, 0.717) is 37.9 Å². The Bertz CT molecular complexity index is 440. The molecule has 1 saturated heterocycles. The number of piperidine rings is 1. The third-order valence-electron chi connectivity index (χ3n) is 3.31. The minimum Gasteiger partial charge on any atom is -0.393 e. The lowest BCUT2D eigenvalue weighted by Crippen LogP contribution is -2.40. The zero-order chi connectivity index (χ0) is 13.1. The molecule has 0 aliphatic carbocycles. The molecule has 0 atom stereocenters. The SMILES string of the molecule is CCc1nnc(C)cc1C(=O)N1CCC(O)CC1. The van der Waals surface area contributed by atoms with E-state index in [0.717, 1.165) is 11.4 Å². The Hall–Kier alpha value is -1.49. The fourth-order valence-corrected chi connectivity index (χ4v) is 2.20. The van der Waals surface area contributed by atoms with Crippen LogP contribution in [0.1, 0.15) is 41.5 Å². The first-order valence-corrected chi connectivity index (χ1v) is 6.42. The van der Waals surface area contributed by atoms with Crippen LogP contribution in [0.15, 0.2) is 6.07 Å². The number of aromatic nitrogens is 2. The lowest BCUT2D eigenvalue weighted by molar-refractivity contribution is 0.0545. The van der Waals surface area contributed by atoms with Crippen LogP contribution in [0.2, 0.25) is 0 Å². The number of hydrogen-bond donors (Lipinski definition) is 1. The molecule has 0 unspecified atom stereocenters. The third kappa shape index (κ3) is 2.67. The van der Waals surface area contributed by atoms with Crippen LogP contribution in [0.25, 0.3) is 0 Å². The zero-order valence-corrected chi connectivity index (χ0v) is 10.9. The van der Waals surface area contributed by atoms with Crippen molar-refractivity contribution in [3.63, 3.8) is 0 Å². The highest BCUT2D eigenvalue weighted by atomic mass is 16.3. The Morgan fingerprint density at radius 1 is 1.44 bits per heavy atom. The Labute approximate surface area is 107 Å². The van der Waals surface area contributed by atoms with Crippen LogP contribution in [0, 0.1) is 6.92 Å². The van der Waals surface area contributed by atoms with Crippen molar-refractivity contribution in [1.29, 1.82) is 0 Å². The molecular weight excluding hydrogens is 230 g/mol. The van der Waals surface area contributed by atoms with Crippen molar-refractivity contribution >= 4 is 5.91 Å². The van der Waals surface area contributed by atoms with Gasteiger partial charge in [-0.25, -0.2) is 0 Å². The summed E-state index contributed by atoms with van der Waals surface area (Å²) in [5, 5.41) is 17.5. The monoisotopic (exact) mass is 249 g/mol. The molecule has 5 nitrogen and oxygen atoms in total. The van der Waals surface area contributed by atoms with Gasteiger partial charge in [0.25, 0.3) is 5.91 Å². The molecule has 1 aliphatic heterocycles. The number of aryl methyl sites for hydroxylation is 2. The molecule has 0 bridgehead atoms. The van der Waals surface area contributed by atoms with Gasteiger partial charge in [0.05, 0.1) is 23.1 Å². The van der Waals surface area contributed by atoms with Crippen molar-refractivity contribution in [3.8, 4) is 0 Å². The Balaban J connectivity index is 2.20. The minimum absolute atomic E-state index is 0.0109. The third-order valence-corrected chi connectivity index (χ3v) is 3.31. The molecule has 0 radical (unpaired) electrons. The van der Waals surface area contributed by atoms with Gasteiger partial charge in [-0.2, -0.15) is 10.2 Å².